The van der Waals surface area contributed by atoms with Gasteiger partial charge in [-0.1, -0.05) is 24.3 Å². The first-order chi connectivity index (χ1) is 8.43. The van der Waals surface area contributed by atoms with E-state index in [1.165, 1.54) is 32.6 Å². The van der Waals surface area contributed by atoms with Crippen LogP contribution >= 0.6 is 0 Å². The summed E-state index contributed by atoms with van der Waals surface area (Å²) >= 11 is 0. The van der Waals surface area contributed by atoms with E-state index in [9.17, 15) is 0 Å². The van der Waals surface area contributed by atoms with Gasteiger partial charge in [0.15, 0.2) is 0 Å². The number of hydrogen-bond acceptors (Lipinski definition) is 1. The van der Waals surface area contributed by atoms with Gasteiger partial charge in [0.25, 0.3) is 0 Å². The fraction of sp³-hybridized carbons (Fsp3) is 0. The van der Waals surface area contributed by atoms with Gasteiger partial charge in [0.1, 0.15) is 0 Å². The molecule has 0 aliphatic heterocycles. The highest BCUT2D eigenvalue weighted by atomic mass is 14.7. The highest BCUT2D eigenvalue weighted by Crippen LogP contribution is 2.31. The summed E-state index contributed by atoms with van der Waals surface area (Å²) in [5.41, 5.74) is 2.37. The SMILES string of the molecule is c1ccc2c(c1)[nH]c1ccc3cnccc3c12. The molecule has 2 aromatic heterocycles. The van der Waals surface area contributed by atoms with Crippen molar-refractivity contribution in [3.63, 3.8) is 0 Å². The normalized spacial score (nSPS) is 11.5. The lowest BCUT2D eigenvalue weighted by Crippen LogP contribution is -1.76. The number of pyridine rings is 1. The number of para-hydroxylation sites is 1. The summed E-state index contributed by atoms with van der Waals surface area (Å²) < 4.78 is 0. The van der Waals surface area contributed by atoms with Crippen LogP contribution in [0.15, 0.2) is 54.9 Å². The second-order valence-electron chi connectivity index (χ2n) is 4.26. The van der Waals surface area contributed by atoms with Crippen LogP contribution in [0.4, 0.5) is 0 Å². The molecule has 4 aromatic rings. The minimum Gasteiger partial charge on any atom is -0.354 e. The summed E-state index contributed by atoms with van der Waals surface area (Å²) in [6.07, 6.45) is 3.76. The number of H-pyrrole nitrogens is 1. The Labute approximate surface area is 97.9 Å². The molecule has 4 rings (SSSR count). The number of rotatable bonds is 0. The third kappa shape index (κ3) is 1.12. The molecule has 0 radical (unpaired) electrons. The average Bonchev–Trinajstić information content (AvgIpc) is 2.77. The molecular formula is C15H10N2. The molecule has 0 amide bonds. The number of aromatic amines is 1. The van der Waals surface area contributed by atoms with E-state index in [-0.39, 0.29) is 0 Å². The number of hydrogen-bond donors (Lipinski definition) is 1. The van der Waals surface area contributed by atoms with E-state index < -0.39 is 0 Å². The van der Waals surface area contributed by atoms with Crippen LogP contribution in [0.25, 0.3) is 32.6 Å². The quantitative estimate of drug-likeness (QED) is 0.477. The van der Waals surface area contributed by atoms with E-state index in [0.717, 1.165) is 0 Å². The third-order valence-electron chi connectivity index (χ3n) is 3.29. The maximum absolute atomic E-state index is 4.17. The topological polar surface area (TPSA) is 28.7 Å². The van der Waals surface area contributed by atoms with Crippen molar-refractivity contribution in [3.05, 3.63) is 54.9 Å². The molecule has 0 bridgehead atoms. The summed E-state index contributed by atoms with van der Waals surface area (Å²) in [6, 6.07) is 14.7. The fourth-order valence-corrected chi connectivity index (χ4v) is 2.52. The molecule has 2 nitrogen and oxygen atoms in total. The Balaban J connectivity index is 2.38. The lowest BCUT2D eigenvalue weighted by Gasteiger charge is -1.98. The zero-order valence-electron chi connectivity index (χ0n) is 9.14. The highest BCUT2D eigenvalue weighted by Gasteiger charge is 2.06. The molecule has 2 aromatic carbocycles. The minimum atomic E-state index is 1.18. The summed E-state index contributed by atoms with van der Waals surface area (Å²) in [7, 11) is 0. The van der Waals surface area contributed by atoms with E-state index in [2.05, 4.69) is 52.4 Å². The predicted molar refractivity (Wildman–Crippen MR) is 71.1 cm³/mol. The number of nitrogens with zero attached hydrogens (tertiary/aromatic N) is 1. The van der Waals surface area contributed by atoms with Gasteiger partial charge in [0.2, 0.25) is 0 Å². The van der Waals surface area contributed by atoms with Gasteiger partial charge in [-0.05, 0) is 23.6 Å². The van der Waals surface area contributed by atoms with Gasteiger partial charge in [-0.25, -0.2) is 0 Å². The van der Waals surface area contributed by atoms with Crippen LogP contribution in [-0.2, 0) is 0 Å². The van der Waals surface area contributed by atoms with Crippen LogP contribution in [0, 0.1) is 0 Å². The van der Waals surface area contributed by atoms with Crippen LogP contribution in [0.5, 0.6) is 0 Å². The minimum absolute atomic E-state index is 1.18. The Kier molecular flexibility index (Phi) is 1.59. The van der Waals surface area contributed by atoms with Crippen molar-refractivity contribution in [2.24, 2.45) is 0 Å². The zero-order valence-corrected chi connectivity index (χ0v) is 9.14. The van der Waals surface area contributed by atoms with Gasteiger partial charge in [-0.3, -0.25) is 4.98 Å². The first kappa shape index (κ1) is 8.76. The molecule has 0 aliphatic carbocycles. The van der Waals surface area contributed by atoms with Crippen molar-refractivity contribution in [3.8, 4) is 0 Å². The van der Waals surface area contributed by atoms with Crippen LogP contribution < -0.4 is 0 Å². The van der Waals surface area contributed by atoms with Crippen LogP contribution in [0.2, 0.25) is 0 Å². The van der Waals surface area contributed by atoms with E-state index in [1.54, 1.807) is 0 Å². The Morgan fingerprint density at radius 3 is 2.76 bits per heavy atom. The third-order valence-corrected chi connectivity index (χ3v) is 3.29. The van der Waals surface area contributed by atoms with Gasteiger partial charge in [-0.2, -0.15) is 0 Å². The molecule has 2 heterocycles. The summed E-state index contributed by atoms with van der Waals surface area (Å²) in [5, 5.41) is 5.01. The van der Waals surface area contributed by atoms with Gasteiger partial charge in [-0.15, -0.1) is 0 Å². The summed E-state index contributed by atoms with van der Waals surface area (Å²) in [4.78, 5) is 7.62. The first-order valence-corrected chi connectivity index (χ1v) is 5.67. The van der Waals surface area contributed by atoms with Gasteiger partial charge in [0, 0.05) is 39.6 Å². The summed E-state index contributed by atoms with van der Waals surface area (Å²) in [6.45, 7) is 0. The molecule has 0 fully saturated rings. The summed E-state index contributed by atoms with van der Waals surface area (Å²) in [5.74, 6) is 0. The van der Waals surface area contributed by atoms with Gasteiger partial charge < -0.3 is 4.98 Å². The van der Waals surface area contributed by atoms with E-state index in [0.29, 0.717) is 0 Å². The van der Waals surface area contributed by atoms with Crippen molar-refractivity contribution in [2.45, 2.75) is 0 Å². The number of nitrogens with one attached hydrogen (secondary N) is 1. The molecular weight excluding hydrogens is 208 g/mol. The molecule has 0 unspecified atom stereocenters. The molecule has 0 saturated carbocycles. The molecule has 80 valence electrons. The molecule has 0 saturated heterocycles. The van der Waals surface area contributed by atoms with Gasteiger partial charge >= 0.3 is 0 Å². The van der Waals surface area contributed by atoms with Crippen molar-refractivity contribution in [1.29, 1.82) is 0 Å². The molecule has 0 atom stereocenters. The van der Waals surface area contributed by atoms with Crippen LogP contribution in [0.3, 0.4) is 0 Å². The molecule has 0 aliphatic rings. The standard InChI is InChI=1S/C15H10N2/c1-2-4-13-12(3-1)15-11-7-8-16-9-10(11)5-6-14(15)17-13/h1-9,17H. The van der Waals surface area contributed by atoms with E-state index >= 15 is 0 Å². The van der Waals surface area contributed by atoms with Crippen molar-refractivity contribution in [1.82, 2.24) is 9.97 Å². The van der Waals surface area contributed by atoms with Crippen LogP contribution in [0.1, 0.15) is 0 Å². The molecule has 1 N–H and O–H groups in total. The van der Waals surface area contributed by atoms with Crippen molar-refractivity contribution >= 4 is 32.6 Å². The van der Waals surface area contributed by atoms with E-state index in [1.807, 2.05) is 12.4 Å². The lowest BCUT2D eigenvalue weighted by atomic mass is 10.1. The Morgan fingerprint density at radius 1 is 0.824 bits per heavy atom. The molecule has 17 heavy (non-hydrogen) atoms. The smallest absolute Gasteiger partial charge is 0.0471 e. The fourth-order valence-electron chi connectivity index (χ4n) is 2.52. The monoisotopic (exact) mass is 218 g/mol. The Bertz CT molecular complexity index is 837. The van der Waals surface area contributed by atoms with Crippen molar-refractivity contribution in [2.75, 3.05) is 0 Å². The second-order valence-corrected chi connectivity index (χ2v) is 4.26. The average molecular weight is 218 g/mol. The second kappa shape index (κ2) is 3.08. The van der Waals surface area contributed by atoms with Crippen molar-refractivity contribution < 1.29 is 0 Å². The largest absolute Gasteiger partial charge is 0.354 e. The zero-order chi connectivity index (χ0) is 11.2. The first-order valence-electron chi connectivity index (χ1n) is 5.67. The molecule has 0 spiro atoms. The number of fused-ring (bicyclic) bond motifs is 5. The van der Waals surface area contributed by atoms with E-state index in [4.69, 9.17) is 0 Å². The maximum atomic E-state index is 4.17. The Morgan fingerprint density at radius 2 is 1.76 bits per heavy atom. The maximum Gasteiger partial charge on any atom is 0.0471 e. The number of benzene rings is 2. The Hall–Kier alpha value is -2.35. The van der Waals surface area contributed by atoms with Gasteiger partial charge in [0.05, 0.1) is 0 Å². The predicted octanol–water partition coefficient (Wildman–Crippen LogP) is 3.87. The highest BCUT2D eigenvalue weighted by molar-refractivity contribution is 6.19. The number of aromatic nitrogens is 2. The lowest BCUT2D eigenvalue weighted by molar-refractivity contribution is 1.37. The molecule has 2 heteroatoms. The van der Waals surface area contributed by atoms with Crippen LogP contribution in [-0.4, -0.2) is 9.97 Å².